The van der Waals surface area contributed by atoms with Crippen LogP contribution in [0.2, 0.25) is 0 Å². The number of nitrogens with one attached hydrogen (secondary N) is 1. The number of nitrogens with zero attached hydrogens (tertiary/aromatic N) is 1. The Labute approximate surface area is 111 Å². The van der Waals surface area contributed by atoms with Crippen LogP contribution in [-0.4, -0.2) is 49.3 Å². The summed E-state index contributed by atoms with van der Waals surface area (Å²) in [5.41, 5.74) is 0. The Bertz CT molecular complexity index is 257. The number of ether oxygens (including phenoxy) is 1. The lowest BCUT2D eigenvalue weighted by Crippen LogP contribution is -2.50. The highest BCUT2D eigenvalue weighted by molar-refractivity contribution is 4.94. The summed E-state index contributed by atoms with van der Waals surface area (Å²) in [5.74, 6) is 0.977. The zero-order valence-corrected chi connectivity index (χ0v) is 11.7. The van der Waals surface area contributed by atoms with Crippen LogP contribution in [0.4, 0.5) is 0 Å². The van der Waals surface area contributed by atoms with Gasteiger partial charge in [0, 0.05) is 31.2 Å². The van der Waals surface area contributed by atoms with Crippen LogP contribution in [-0.2, 0) is 4.74 Å². The Hall–Kier alpha value is -0.120. The van der Waals surface area contributed by atoms with Crippen LogP contribution in [0.1, 0.15) is 45.4 Å². The van der Waals surface area contributed by atoms with Gasteiger partial charge in [0.15, 0.2) is 0 Å². The first-order valence-electron chi connectivity index (χ1n) is 7.94. The highest BCUT2D eigenvalue weighted by Crippen LogP contribution is 2.33. The van der Waals surface area contributed by atoms with Gasteiger partial charge in [0.1, 0.15) is 0 Å². The molecule has 2 aliphatic heterocycles. The molecule has 2 heterocycles. The minimum atomic E-state index is 0.656. The molecule has 0 amide bonds. The maximum atomic E-state index is 5.60. The summed E-state index contributed by atoms with van der Waals surface area (Å²) < 4.78 is 5.60. The van der Waals surface area contributed by atoms with E-state index in [-0.39, 0.29) is 0 Å². The van der Waals surface area contributed by atoms with E-state index in [9.17, 15) is 0 Å². The van der Waals surface area contributed by atoms with Crippen molar-refractivity contribution in [1.82, 2.24) is 10.2 Å². The van der Waals surface area contributed by atoms with Crippen LogP contribution in [0, 0.1) is 5.92 Å². The Morgan fingerprint density at radius 1 is 1.28 bits per heavy atom. The third-order valence-corrected chi connectivity index (χ3v) is 5.22. The van der Waals surface area contributed by atoms with Crippen molar-refractivity contribution in [1.29, 1.82) is 0 Å². The average molecular weight is 252 g/mol. The van der Waals surface area contributed by atoms with Crippen molar-refractivity contribution in [3.05, 3.63) is 0 Å². The predicted molar refractivity (Wildman–Crippen MR) is 73.8 cm³/mol. The van der Waals surface area contributed by atoms with Crippen molar-refractivity contribution in [2.45, 2.75) is 63.6 Å². The summed E-state index contributed by atoms with van der Waals surface area (Å²) in [6, 6.07) is 2.23. The molecule has 1 N–H and O–H groups in total. The predicted octanol–water partition coefficient (Wildman–Crippen LogP) is 2.02. The Morgan fingerprint density at radius 3 is 3.00 bits per heavy atom. The van der Waals surface area contributed by atoms with E-state index >= 15 is 0 Å². The molecule has 1 saturated carbocycles. The third kappa shape index (κ3) is 2.73. The van der Waals surface area contributed by atoms with E-state index in [1.807, 2.05) is 0 Å². The van der Waals surface area contributed by atoms with Crippen LogP contribution < -0.4 is 5.32 Å². The Morgan fingerprint density at radius 2 is 2.17 bits per heavy atom. The number of hydrogen-bond donors (Lipinski definition) is 1. The standard InChI is InChI=1S/C15H28N2O/c1-2-14-11-18-8-7-17(14)10-13-9-12-5-3-4-6-15(12)16-13/h12-16H,2-11H2,1H3. The highest BCUT2D eigenvalue weighted by Gasteiger charge is 2.36. The number of fused-ring (bicyclic) bond motifs is 1. The summed E-state index contributed by atoms with van der Waals surface area (Å²) in [6.07, 6.45) is 8.43. The molecule has 18 heavy (non-hydrogen) atoms. The van der Waals surface area contributed by atoms with Crippen molar-refractivity contribution in [3.63, 3.8) is 0 Å². The fraction of sp³-hybridized carbons (Fsp3) is 1.00. The van der Waals surface area contributed by atoms with E-state index in [1.54, 1.807) is 0 Å². The second-order valence-electron chi connectivity index (χ2n) is 6.38. The van der Waals surface area contributed by atoms with Gasteiger partial charge in [-0.2, -0.15) is 0 Å². The van der Waals surface area contributed by atoms with Crippen LogP contribution >= 0.6 is 0 Å². The van der Waals surface area contributed by atoms with E-state index < -0.39 is 0 Å². The average Bonchev–Trinajstić information content (AvgIpc) is 2.81. The fourth-order valence-electron chi connectivity index (χ4n) is 4.16. The smallest absolute Gasteiger partial charge is 0.0622 e. The monoisotopic (exact) mass is 252 g/mol. The van der Waals surface area contributed by atoms with Gasteiger partial charge in [-0.15, -0.1) is 0 Å². The molecule has 4 atom stereocenters. The van der Waals surface area contributed by atoms with E-state index in [0.29, 0.717) is 6.04 Å². The van der Waals surface area contributed by atoms with Crippen molar-refractivity contribution in [3.8, 4) is 0 Å². The third-order valence-electron chi connectivity index (χ3n) is 5.22. The number of morpholine rings is 1. The lowest BCUT2D eigenvalue weighted by atomic mass is 9.85. The van der Waals surface area contributed by atoms with Gasteiger partial charge in [-0.3, -0.25) is 4.90 Å². The molecule has 3 nitrogen and oxygen atoms in total. The molecule has 0 aromatic carbocycles. The zero-order chi connectivity index (χ0) is 12.4. The zero-order valence-electron chi connectivity index (χ0n) is 11.7. The summed E-state index contributed by atoms with van der Waals surface area (Å²) in [6.45, 7) is 6.53. The molecule has 0 bridgehead atoms. The molecule has 0 aromatic rings. The maximum absolute atomic E-state index is 5.60. The van der Waals surface area contributed by atoms with Gasteiger partial charge < -0.3 is 10.1 Å². The van der Waals surface area contributed by atoms with Gasteiger partial charge in [0.25, 0.3) is 0 Å². The van der Waals surface area contributed by atoms with Gasteiger partial charge in [-0.1, -0.05) is 19.8 Å². The lowest BCUT2D eigenvalue weighted by Gasteiger charge is -2.36. The highest BCUT2D eigenvalue weighted by atomic mass is 16.5. The summed E-state index contributed by atoms with van der Waals surface area (Å²) in [5, 5.41) is 3.90. The molecule has 0 radical (unpaired) electrons. The second-order valence-corrected chi connectivity index (χ2v) is 6.38. The molecular formula is C15H28N2O. The molecule has 104 valence electrons. The quantitative estimate of drug-likeness (QED) is 0.831. The van der Waals surface area contributed by atoms with E-state index in [4.69, 9.17) is 4.74 Å². The summed E-state index contributed by atoms with van der Waals surface area (Å²) in [7, 11) is 0. The molecule has 3 heteroatoms. The summed E-state index contributed by atoms with van der Waals surface area (Å²) in [4.78, 5) is 2.67. The molecule has 3 fully saturated rings. The minimum Gasteiger partial charge on any atom is -0.378 e. The van der Waals surface area contributed by atoms with Crippen LogP contribution in [0.25, 0.3) is 0 Å². The number of hydrogen-bond acceptors (Lipinski definition) is 3. The SMILES string of the molecule is CCC1COCCN1CC1CC2CCCCC2N1. The van der Waals surface area contributed by atoms with Crippen LogP contribution in [0.15, 0.2) is 0 Å². The van der Waals surface area contributed by atoms with E-state index in [0.717, 1.165) is 37.8 Å². The van der Waals surface area contributed by atoms with Crippen LogP contribution in [0.5, 0.6) is 0 Å². The molecule has 2 saturated heterocycles. The first-order chi connectivity index (χ1) is 8.86. The first-order valence-corrected chi connectivity index (χ1v) is 7.94. The van der Waals surface area contributed by atoms with Gasteiger partial charge >= 0.3 is 0 Å². The largest absolute Gasteiger partial charge is 0.378 e. The Kier molecular flexibility index (Phi) is 4.22. The molecule has 3 rings (SSSR count). The molecule has 3 aliphatic rings. The molecule has 0 aromatic heterocycles. The van der Waals surface area contributed by atoms with Crippen molar-refractivity contribution in [2.75, 3.05) is 26.3 Å². The van der Waals surface area contributed by atoms with Gasteiger partial charge in [-0.05, 0) is 31.6 Å². The number of rotatable bonds is 3. The van der Waals surface area contributed by atoms with Gasteiger partial charge in [0.2, 0.25) is 0 Å². The van der Waals surface area contributed by atoms with Gasteiger partial charge in [0.05, 0.1) is 13.2 Å². The molecular weight excluding hydrogens is 224 g/mol. The molecule has 1 aliphatic carbocycles. The van der Waals surface area contributed by atoms with Crippen LogP contribution in [0.3, 0.4) is 0 Å². The minimum absolute atomic E-state index is 0.656. The van der Waals surface area contributed by atoms with Crippen molar-refractivity contribution in [2.24, 2.45) is 5.92 Å². The topological polar surface area (TPSA) is 24.5 Å². The molecule has 0 spiro atoms. The fourth-order valence-corrected chi connectivity index (χ4v) is 4.16. The lowest BCUT2D eigenvalue weighted by molar-refractivity contribution is -0.0120. The van der Waals surface area contributed by atoms with Crippen molar-refractivity contribution < 1.29 is 4.74 Å². The van der Waals surface area contributed by atoms with E-state index in [1.165, 1.54) is 45.1 Å². The first kappa shape index (κ1) is 12.9. The van der Waals surface area contributed by atoms with Gasteiger partial charge in [-0.25, -0.2) is 0 Å². The molecule has 4 unspecified atom stereocenters. The second kappa shape index (κ2) is 5.89. The Balaban J connectivity index is 1.53. The maximum Gasteiger partial charge on any atom is 0.0622 e. The summed E-state index contributed by atoms with van der Waals surface area (Å²) >= 11 is 0. The van der Waals surface area contributed by atoms with Crippen molar-refractivity contribution >= 4 is 0 Å². The normalized spacial score (nSPS) is 41.8. The van der Waals surface area contributed by atoms with E-state index in [2.05, 4.69) is 17.1 Å².